The minimum absolute atomic E-state index is 0.157. The summed E-state index contributed by atoms with van der Waals surface area (Å²) in [7, 11) is 1.68. The average Bonchev–Trinajstić information content (AvgIpc) is 2.75. The second-order valence-corrected chi connectivity index (χ2v) is 4.27. The maximum Gasteiger partial charge on any atom is 0.270 e. The molecule has 2 amide bonds. The van der Waals surface area contributed by atoms with Crippen LogP contribution in [0.15, 0.2) is 21.7 Å². The second kappa shape index (κ2) is 5.03. The zero-order valence-electron chi connectivity index (χ0n) is 10.4. The van der Waals surface area contributed by atoms with Gasteiger partial charge in [-0.05, 0) is 19.1 Å². The van der Waals surface area contributed by atoms with Crippen molar-refractivity contribution in [2.75, 3.05) is 7.05 Å². The van der Waals surface area contributed by atoms with Gasteiger partial charge in [0.05, 0.1) is 6.54 Å². The number of furan rings is 1. The molecule has 1 aromatic heterocycles. The normalized spacial score (nSPS) is 15.0. The van der Waals surface area contributed by atoms with E-state index >= 15 is 0 Å². The van der Waals surface area contributed by atoms with Gasteiger partial charge in [-0.25, -0.2) is 5.43 Å². The van der Waals surface area contributed by atoms with Crippen molar-refractivity contribution < 1.29 is 14.0 Å². The van der Waals surface area contributed by atoms with E-state index in [1.807, 2.05) is 19.1 Å². The number of amides is 2. The smallest absolute Gasteiger partial charge is 0.270 e. The van der Waals surface area contributed by atoms with Crippen LogP contribution in [0.3, 0.4) is 0 Å². The third-order valence-corrected chi connectivity index (χ3v) is 2.69. The third-order valence-electron chi connectivity index (χ3n) is 2.69. The van der Waals surface area contributed by atoms with Gasteiger partial charge >= 0.3 is 0 Å². The molecule has 2 rings (SSSR count). The highest BCUT2D eigenvalue weighted by molar-refractivity contribution is 6.39. The number of hydrazone groups is 1. The van der Waals surface area contributed by atoms with E-state index in [0.717, 1.165) is 11.5 Å². The number of hydrogen-bond donors (Lipinski definition) is 1. The highest BCUT2D eigenvalue weighted by Gasteiger charge is 2.21. The fraction of sp³-hybridized carbons (Fsp3) is 0.417. The summed E-state index contributed by atoms with van der Waals surface area (Å²) in [5, 5.41) is 3.77. The van der Waals surface area contributed by atoms with Crippen LogP contribution in [0.5, 0.6) is 0 Å². The number of rotatable bonds is 3. The summed E-state index contributed by atoms with van der Waals surface area (Å²) in [5.74, 6) is 1.19. The lowest BCUT2D eigenvalue weighted by Crippen LogP contribution is -2.37. The second-order valence-electron chi connectivity index (χ2n) is 4.27. The SMILES string of the molecule is Cc1ccc(CN(C)C(=O)C2=NNC(=O)CC2)o1. The molecular weight excluding hydrogens is 234 g/mol. The predicted molar refractivity (Wildman–Crippen MR) is 64.7 cm³/mol. The zero-order valence-corrected chi connectivity index (χ0v) is 10.4. The summed E-state index contributed by atoms with van der Waals surface area (Å²) in [5.41, 5.74) is 2.69. The van der Waals surface area contributed by atoms with Crippen LogP contribution in [0.2, 0.25) is 0 Å². The molecule has 2 heterocycles. The largest absolute Gasteiger partial charge is 0.464 e. The number of hydrogen-bond acceptors (Lipinski definition) is 4. The van der Waals surface area contributed by atoms with Crippen LogP contribution in [0.1, 0.15) is 24.4 Å². The molecule has 0 spiro atoms. The first-order chi connectivity index (χ1) is 8.56. The van der Waals surface area contributed by atoms with Crippen LogP contribution < -0.4 is 5.43 Å². The van der Waals surface area contributed by atoms with E-state index in [1.165, 1.54) is 4.90 Å². The lowest BCUT2D eigenvalue weighted by atomic mass is 10.1. The molecule has 0 unspecified atom stereocenters. The van der Waals surface area contributed by atoms with Gasteiger partial charge in [0.25, 0.3) is 5.91 Å². The Kier molecular flexibility index (Phi) is 3.45. The van der Waals surface area contributed by atoms with E-state index in [-0.39, 0.29) is 11.8 Å². The summed E-state index contributed by atoms with van der Waals surface area (Å²) < 4.78 is 5.41. The van der Waals surface area contributed by atoms with Crippen molar-refractivity contribution in [1.29, 1.82) is 0 Å². The molecule has 96 valence electrons. The van der Waals surface area contributed by atoms with E-state index in [1.54, 1.807) is 7.05 Å². The van der Waals surface area contributed by atoms with Crippen molar-refractivity contribution in [3.05, 3.63) is 23.7 Å². The van der Waals surface area contributed by atoms with Crippen molar-refractivity contribution in [3.63, 3.8) is 0 Å². The van der Waals surface area contributed by atoms with Crippen LogP contribution >= 0.6 is 0 Å². The van der Waals surface area contributed by atoms with Crippen molar-refractivity contribution in [2.45, 2.75) is 26.3 Å². The van der Waals surface area contributed by atoms with Crippen LogP contribution in [0, 0.1) is 6.92 Å². The fourth-order valence-electron chi connectivity index (χ4n) is 1.72. The Balaban J connectivity index is 1.98. The lowest BCUT2D eigenvalue weighted by molar-refractivity contribution is -0.124. The molecule has 0 aromatic carbocycles. The molecule has 0 saturated carbocycles. The summed E-state index contributed by atoms with van der Waals surface area (Å²) in [6.07, 6.45) is 0.685. The highest BCUT2D eigenvalue weighted by Crippen LogP contribution is 2.10. The van der Waals surface area contributed by atoms with Crippen LogP contribution in [0.4, 0.5) is 0 Å². The van der Waals surface area contributed by atoms with Gasteiger partial charge in [-0.3, -0.25) is 9.59 Å². The van der Waals surface area contributed by atoms with Gasteiger partial charge in [0.2, 0.25) is 5.91 Å². The van der Waals surface area contributed by atoms with Crippen LogP contribution in [0.25, 0.3) is 0 Å². The first-order valence-corrected chi connectivity index (χ1v) is 5.72. The quantitative estimate of drug-likeness (QED) is 0.861. The van der Waals surface area contributed by atoms with E-state index in [2.05, 4.69) is 10.5 Å². The topological polar surface area (TPSA) is 74.9 Å². The number of carbonyl (C=O) groups is 2. The summed E-state index contributed by atoms with van der Waals surface area (Å²) >= 11 is 0. The Morgan fingerprint density at radius 2 is 2.28 bits per heavy atom. The molecule has 18 heavy (non-hydrogen) atoms. The molecule has 1 aliphatic rings. The molecular formula is C12H15N3O3. The van der Waals surface area contributed by atoms with E-state index in [4.69, 9.17) is 4.42 Å². The molecule has 0 saturated heterocycles. The molecule has 6 heteroatoms. The summed E-state index contributed by atoms with van der Waals surface area (Å²) in [4.78, 5) is 24.5. The molecule has 1 aliphatic heterocycles. The van der Waals surface area contributed by atoms with Crippen molar-refractivity contribution in [2.24, 2.45) is 5.10 Å². The van der Waals surface area contributed by atoms with Crippen molar-refractivity contribution >= 4 is 17.5 Å². The van der Waals surface area contributed by atoms with E-state index in [0.29, 0.717) is 25.1 Å². The van der Waals surface area contributed by atoms with Gasteiger partial charge in [-0.1, -0.05) is 0 Å². The van der Waals surface area contributed by atoms with Crippen LogP contribution in [-0.2, 0) is 16.1 Å². The minimum atomic E-state index is -0.191. The molecule has 1 N–H and O–H groups in total. The average molecular weight is 249 g/mol. The molecule has 1 aromatic rings. The predicted octanol–water partition coefficient (Wildman–Crippen LogP) is 0.812. The number of nitrogens with one attached hydrogen (secondary N) is 1. The Bertz CT molecular complexity index is 504. The molecule has 6 nitrogen and oxygen atoms in total. The zero-order chi connectivity index (χ0) is 13.1. The Morgan fingerprint density at radius 1 is 1.50 bits per heavy atom. The standard InChI is InChI=1S/C12H15N3O3/c1-8-3-4-9(18-8)7-15(2)12(17)10-5-6-11(16)14-13-10/h3-4H,5-7H2,1-2H3,(H,14,16). The van der Waals surface area contributed by atoms with E-state index < -0.39 is 0 Å². The van der Waals surface area contributed by atoms with Gasteiger partial charge in [0.1, 0.15) is 17.2 Å². The molecule has 0 radical (unpaired) electrons. The number of aryl methyl sites for hydroxylation is 1. The van der Waals surface area contributed by atoms with Crippen LogP contribution in [-0.4, -0.2) is 29.5 Å². The van der Waals surface area contributed by atoms with Crippen molar-refractivity contribution in [1.82, 2.24) is 10.3 Å². The Labute approximate surface area is 105 Å². The van der Waals surface area contributed by atoms with Gasteiger partial charge in [-0.15, -0.1) is 0 Å². The summed E-state index contributed by atoms with van der Waals surface area (Å²) in [6, 6.07) is 3.69. The van der Waals surface area contributed by atoms with Crippen molar-refractivity contribution in [3.8, 4) is 0 Å². The third kappa shape index (κ3) is 2.77. The Morgan fingerprint density at radius 3 is 2.83 bits per heavy atom. The molecule has 0 fully saturated rings. The van der Waals surface area contributed by atoms with Gasteiger partial charge in [0, 0.05) is 19.9 Å². The first kappa shape index (κ1) is 12.3. The van der Waals surface area contributed by atoms with Gasteiger partial charge < -0.3 is 9.32 Å². The number of nitrogens with zero attached hydrogens (tertiary/aromatic N) is 2. The molecule has 0 bridgehead atoms. The maximum absolute atomic E-state index is 12.0. The molecule has 0 atom stereocenters. The van der Waals surface area contributed by atoms with Gasteiger partial charge in [0.15, 0.2) is 0 Å². The monoisotopic (exact) mass is 249 g/mol. The summed E-state index contributed by atoms with van der Waals surface area (Å²) in [6.45, 7) is 2.24. The Hall–Kier alpha value is -2.11. The fourth-order valence-corrected chi connectivity index (χ4v) is 1.72. The van der Waals surface area contributed by atoms with Gasteiger partial charge in [-0.2, -0.15) is 5.10 Å². The number of carbonyl (C=O) groups excluding carboxylic acids is 2. The van der Waals surface area contributed by atoms with E-state index in [9.17, 15) is 9.59 Å². The minimum Gasteiger partial charge on any atom is -0.464 e. The maximum atomic E-state index is 12.0. The molecule has 0 aliphatic carbocycles. The first-order valence-electron chi connectivity index (χ1n) is 5.72. The highest BCUT2D eigenvalue weighted by atomic mass is 16.3. The lowest BCUT2D eigenvalue weighted by Gasteiger charge is -2.18.